The lowest BCUT2D eigenvalue weighted by Crippen LogP contribution is -2.09. The molecular weight excluding hydrogens is 316 g/mol. The first-order chi connectivity index (χ1) is 11.0. The number of rotatable bonds is 4. The molecule has 0 fully saturated rings. The van der Waals surface area contributed by atoms with Gasteiger partial charge >= 0.3 is 11.9 Å². The molecule has 0 aliphatic carbocycles. The second kappa shape index (κ2) is 7.61. The second-order valence-corrected chi connectivity index (χ2v) is 5.23. The minimum absolute atomic E-state index is 0.0945. The summed E-state index contributed by atoms with van der Waals surface area (Å²) in [6.45, 7) is 1.98. The average Bonchev–Trinajstić information content (AvgIpc) is 2.55. The van der Waals surface area contributed by atoms with Gasteiger partial charge in [-0.25, -0.2) is 9.59 Å². The molecule has 0 unspecified atom stereocenters. The van der Waals surface area contributed by atoms with E-state index in [1.165, 1.54) is 31.4 Å². The van der Waals surface area contributed by atoms with Crippen molar-refractivity contribution in [1.82, 2.24) is 0 Å². The first kappa shape index (κ1) is 16.8. The third-order valence-corrected chi connectivity index (χ3v) is 3.28. The zero-order valence-electron chi connectivity index (χ0n) is 12.7. The predicted molar refractivity (Wildman–Crippen MR) is 88.6 cm³/mol. The van der Waals surface area contributed by atoms with Gasteiger partial charge in [-0.3, -0.25) is 0 Å². The van der Waals surface area contributed by atoms with Crippen LogP contribution in [-0.4, -0.2) is 19.0 Å². The van der Waals surface area contributed by atoms with Crippen LogP contribution in [0.25, 0.3) is 6.08 Å². The minimum atomic E-state index is -0.627. The summed E-state index contributed by atoms with van der Waals surface area (Å²) < 4.78 is 9.83. The highest BCUT2D eigenvalue weighted by molar-refractivity contribution is 6.31. The molecule has 0 spiro atoms. The largest absolute Gasteiger partial charge is 0.465 e. The van der Waals surface area contributed by atoms with Gasteiger partial charge in [0.25, 0.3) is 0 Å². The number of hydrogen-bond acceptors (Lipinski definition) is 4. The van der Waals surface area contributed by atoms with Gasteiger partial charge in [0.1, 0.15) is 11.3 Å². The summed E-state index contributed by atoms with van der Waals surface area (Å²) in [5, 5.41) is 0.348. The molecule has 2 aromatic carbocycles. The molecule has 23 heavy (non-hydrogen) atoms. The van der Waals surface area contributed by atoms with E-state index in [0.717, 1.165) is 11.1 Å². The summed E-state index contributed by atoms with van der Waals surface area (Å²) in [5.74, 6) is -1.13. The lowest BCUT2D eigenvalue weighted by Gasteiger charge is -2.07. The minimum Gasteiger partial charge on any atom is -0.465 e. The van der Waals surface area contributed by atoms with Crippen LogP contribution in [0.2, 0.25) is 5.02 Å². The van der Waals surface area contributed by atoms with Gasteiger partial charge in [0, 0.05) is 11.1 Å². The van der Waals surface area contributed by atoms with E-state index in [0.29, 0.717) is 5.02 Å². The van der Waals surface area contributed by atoms with E-state index in [2.05, 4.69) is 4.74 Å². The number of hydrogen-bond donors (Lipinski definition) is 0. The van der Waals surface area contributed by atoms with Crippen molar-refractivity contribution in [3.05, 3.63) is 70.3 Å². The first-order valence-corrected chi connectivity index (χ1v) is 7.22. The smallest absolute Gasteiger partial charge is 0.341 e. The van der Waals surface area contributed by atoms with Crippen LogP contribution in [0, 0.1) is 6.92 Å². The number of carbonyl (C=O) groups is 2. The molecule has 0 bridgehead atoms. The van der Waals surface area contributed by atoms with Crippen molar-refractivity contribution < 1.29 is 19.1 Å². The van der Waals surface area contributed by atoms with Crippen molar-refractivity contribution in [3.63, 3.8) is 0 Å². The van der Waals surface area contributed by atoms with Crippen molar-refractivity contribution in [1.29, 1.82) is 0 Å². The van der Waals surface area contributed by atoms with Crippen LogP contribution in [0.15, 0.2) is 48.5 Å². The molecule has 0 N–H and O–H groups in total. The molecule has 2 rings (SSSR count). The standard InChI is InChI=1S/C18H15ClO4/c1-12-3-5-13(6-4-12)7-10-17(20)23-16-9-8-14(19)11-15(16)18(21)22-2/h3-11H,1-2H3/b10-7+. The molecule has 4 nitrogen and oxygen atoms in total. The highest BCUT2D eigenvalue weighted by Gasteiger charge is 2.15. The summed E-state index contributed by atoms with van der Waals surface area (Å²) in [6.07, 6.45) is 2.93. The van der Waals surface area contributed by atoms with Crippen molar-refractivity contribution in [2.45, 2.75) is 6.92 Å². The number of halogens is 1. The van der Waals surface area contributed by atoms with Crippen molar-refractivity contribution in [3.8, 4) is 5.75 Å². The number of carbonyl (C=O) groups excluding carboxylic acids is 2. The molecule has 5 heteroatoms. The summed E-state index contributed by atoms with van der Waals surface area (Å²) in [5.41, 5.74) is 2.10. The molecule has 0 amide bonds. The molecular formula is C18H15ClO4. The predicted octanol–water partition coefficient (Wildman–Crippen LogP) is 4.05. The Morgan fingerprint density at radius 2 is 1.78 bits per heavy atom. The highest BCUT2D eigenvalue weighted by atomic mass is 35.5. The van der Waals surface area contributed by atoms with Crippen LogP contribution in [-0.2, 0) is 9.53 Å². The Labute approximate surface area is 139 Å². The fourth-order valence-electron chi connectivity index (χ4n) is 1.84. The van der Waals surface area contributed by atoms with E-state index in [4.69, 9.17) is 16.3 Å². The fourth-order valence-corrected chi connectivity index (χ4v) is 2.02. The molecule has 0 heterocycles. The van der Waals surface area contributed by atoms with Crippen LogP contribution in [0.3, 0.4) is 0 Å². The summed E-state index contributed by atoms with van der Waals surface area (Å²) in [4.78, 5) is 23.6. The molecule has 0 aliphatic heterocycles. The summed E-state index contributed by atoms with van der Waals surface area (Å²) >= 11 is 5.85. The number of aryl methyl sites for hydroxylation is 1. The maximum Gasteiger partial charge on any atom is 0.341 e. The molecule has 0 saturated carbocycles. The highest BCUT2D eigenvalue weighted by Crippen LogP contribution is 2.24. The molecule has 0 aliphatic rings. The van der Waals surface area contributed by atoms with E-state index in [9.17, 15) is 9.59 Å². The van der Waals surface area contributed by atoms with Gasteiger partial charge in [0.05, 0.1) is 7.11 Å². The zero-order chi connectivity index (χ0) is 16.8. The molecule has 0 aromatic heterocycles. The average molecular weight is 331 g/mol. The molecule has 0 saturated heterocycles. The van der Waals surface area contributed by atoms with Gasteiger partial charge in [-0.2, -0.15) is 0 Å². The van der Waals surface area contributed by atoms with Crippen molar-refractivity contribution in [2.24, 2.45) is 0 Å². The second-order valence-electron chi connectivity index (χ2n) is 4.80. The van der Waals surface area contributed by atoms with Crippen molar-refractivity contribution in [2.75, 3.05) is 7.11 Å². The first-order valence-electron chi connectivity index (χ1n) is 6.84. The van der Waals surface area contributed by atoms with E-state index in [1.54, 1.807) is 6.08 Å². The Kier molecular flexibility index (Phi) is 5.55. The maximum absolute atomic E-state index is 11.9. The topological polar surface area (TPSA) is 52.6 Å². The van der Waals surface area contributed by atoms with Crippen LogP contribution < -0.4 is 4.74 Å². The van der Waals surface area contributed by atoms with Gasteiger partial charge in [-0.15, -0.1) is 0 Å². The Hall–Kier alpha value is -2.59. The van der Waals surface area contributed by atoms with Crippen LogP contribution in [0.5, 0.6) is 5.75 Å². The Morgan fingerprint density at radius 1 is 1.09 bits per heavy atom. The normalized spacial score (nSPS) is 10.6. The summed E-state index contributed by atoms with van der Waals surface area (Å²) in [7, 11) is 1.24. The molecule has 0 radical (unpaired) electrons. The zero-order valence-corrected chi connectivity index (χ0v) is 13.5. The quantitative estimate of drug-likeness (QED) is 0.482. The van der Waals surface area contributed by atoms with E-state index in [1.807, 2.05) is 31.2 Å². The number of esters is 2. The Balaban J connectivity index is 2.14. The number of benzene rings is 2. The van der Waals surface area contributed by atoms with E-state index in [-0.39, 0.29) is 11.3 Å². The van der Waals surface area contributed by atoms with Gasteiger partial charge in [-0.1, -0.05) is 41.4 Å². The van der Waals surface area contributed by atoms with E-state index < -0.39 is 11.9 Å². The number of methoxy groups -OCH3 is 1. The SMILES string of the molecule is COC(=O)c1cc(Cl)ccc1OC(=O)/C=C/c1ccc(C)cc1. The fraction of sp³-hybridized carbons (Fsp3) is 0.111. The Morgan fingerprint density at radius 3 is 2.43 bits per heavy atom. The van der Waals surface area contributed by atoms with Gasteiger partial charge in [-0.05, 0) is 36.8 Å². The Bertz CT molecular complexity index is 748. The maximum atomic E-state index is 11.9. The van der Waals surface area contributed by atoms with Crippen molar-refractivity contribution >= 4 is 29.6 Å². The lowest BCUT2D eigenvalue weighted by molar-refractivity contribution is -0.128. The number of ether oxygens (including phenoxy) is 2. The molecule has 2 aromatic rings. The third kappa shape index (κ3) is 4.69. The van der Waals surface area contributed by atoms with Crippen LogP contribution in [0.1, 0.15) is 21.5 Å². The van der Waals surface area contributed by atoms with Gasteiger partial charge in [0.15, 0.2) is 0 Å². The third-order valence-electron chi connectivity index (χ3n) is 3.05. The monoisotopic (exact) mass is 330 g/mol. The van der Waals surface area contributed by atoms with Gasteiger partial charge in [0.2, 0.25) is 0 Å². The van der Waals surface area contributed by atoms with Crippen LogP contribution >= 0.6 is 11.6 Å². The van der Waals surface area contributed by atoms with Crippen LogP contribution in [0.4, 0.5) is 0 Å². The summed E-state index contributed by atoms with van der Waals surface area (Å²) in [6, 6.07) is 12.0. The molecule has 0 atom stereocenters. The molecule has 118 valence electrons. The van der Waals surface area contributed by atoms with E-state index >= 15 is 0 Å². The van der Waals surface area contributed by atoms with Gasteiger partial charge < -0.3 is 9.47 Å². The lowest BCUT2D eigenvalue weighted by atomic mass is 10.1.